The van der Waals surface area contributed by atoms with Gasteiger partial charge in [-0.3, -0.25) is 9.59 Å². The molecule has 0 unspecified atom stereocenters. The second-order valence-electron chi connectivity index (χ2n) is 6.54. The summed E-state index contributed by atoms with van der Waals surface area (Å²) in [6, 6.07) is 9.37. The predicted molar refractivity (Wildman–Crippen MR) is 103 cm³/mol. The monoisotopic (exact) mass is 387 g/mol. The van der Waals surface area contributed by atoms with Crippen molar-refractivity contribution in [1.82, 2.24) is 0 Å². The molecule has 3 rings (SSSR count). The zero-order valence-corrected chi connectivity index (χ0v) is 15.8. The molecule has 1 fully saturated rings. The number of carboxylic acids is 1. The molecule has 27 heavy (non-hydrogen) atoms. The van der Waals surface area contributed by atoms with Crippen LogP contribution in [0.5, 0.6) is 0 Å². The number of benzene rings is 1. The average molecular weight is 387 g/mol. The first-order valence-corrected chi connectivity index (χ1v) is 9.69. The molecule has 1 aliphatic carbocycles. The van der Waals surface area contributed by atoms with E-state index in [0.717, 1.165) is 18.4 Å². The molecule has 1 amide bonds. The Labute approximate surface area is 161 Å². The fourth-order valence-electron chi connectivity index (χ4n) is 3.53. The second-order valence-corrected chi connectivity index (χ2v) is 7.42. The molecule has 7 heteroatoms. The molecular weight excluding hydrogens is 366 g/mol. The Hall–Kier alpha value is -2.67. The summed E-state index contributed by atoms with van der Waals surface area (Å²) in [6.45, 7) is 0. The number of anilines is 1. The number of aliphatic carboxylic acids is 1. The lowest BCUT2D eigenvalue weighted by Crippen LogP contribution is -2.36. The molecule has 2 aromatic rings. The number of carbonyl (C=O) groups excluding carboxylic acids is 2. The largest absolute Gasteiger partial charge is 0.481 e. The fourth-order valence-corrected chi connectivity index (χ4v) is 4.49. The highest BCUT2D eigenvalue weighted by Crippen LogP contribution is 2.38. The molecule has 0 saturated heterocycles. The van der Waals surface area contributed by atoms with Crippen molar-refractivity contribution in [1.29, 1.82) is 0 Å². The zero-order chi connectivity index (χ0) is 19.4. The van der Waals surface area contributed by atoms with E-state index in [2.05, 4.69) is 5.32 Å². The van der Waals surface area contributed by atoms with Crippen molar-refractivity contribution >= 4 is 34.2 Å². The van der Waals surface area contributed by atoms with Crippen LogP contribution in [-0.4, -0.2) is 30.1 Å². The lowest BCUT2D eigenvalue weighted by atomic mass is 9.79. The van der Waals surface area contributed by atoms with E-state index in [1.165, 1.54) is 18.4 Å². The van der Waals surface area contributed by atoms with Crippen LogP contribution in [0.15, 0.2) is 35.7 Å². The van der Waals surface area contributed by atoms with E-state index >= 15 is 0 Å². The normalized spacial score (nSPS) is 19.3. The number of esters is 1. The van der Waals surface area contributed by atoms with E-state index in [-0.39, 0.29) is 5.91 Å². The number of carbonyl (C=O) groups is 3. The number of amides is 1. The molecule has 1 heterocycles. The Kier molecular flexibility index (Phi) is 5.91. The Morgan fingerprint density at radius 2 is 1.78 bits per heavy atom. The van der Waals surface area contributed by atoms with Crippen LogP contribution in [0.1, 0.15) is 36.0 Å². The van der Waals surface area contributed by atoms with Gasteiger partial charge in [-0.25, -0.2) is 4.79 Å². The van der Waals surface area contributed by atoms with Crippen molar-refractivity contribution < 1.29 is 24.2 Å². The Bertz CT molecular complexity index is 845. The summed E-state index contributed by atoms with van der Waals surface area (Å²) < 4.78 is 4.91. The summed E-state index contributed by atoms with van der Waals surface area (Å²) in [4.78, 5) is 36.6. The van der Waals surface area contributed by atoms with Crippen LogP contribution >= 0.6 is 11.3 Å². The van der Waals surface area contributed by atoms with Gasteiger partial charge >= 0.3 is 11.9 Å². The van der Waals surface area contributed by atoms with Gasteiger partial charge in [0.25, 0.3) is 0 Å². The standard InChI is InChI=1S/C20H21NO5S/c1-26-20(25)16-15(12-7-3-2-4-8-12)11-27-18(16)21-17(22)13-9-5-6-10-14(13)19(23)24/h2-4,7-8,11,13-14H,5-6,9-10H2,1H3,(H,21,22)(H,23,24)/t13-,14-/m1/s1. The third kappa shape index (κ3) is 4.03. The van der Waals surface area contributed by atoms with Crippen LogP contribution in [0.3, 0.4) is 0 Å². The van der Waals surface area contributed by atoms with Crippen LogP contribution in [0, 0.1) is 11.8 Å². The molecule has 2 atom stereocenters. The third-order valence-corrected chi connectivity index (χ3v) is 5.82. The topological polar surface area (TPSA) is 92.7 Å². The lowest BCUT2D eigenvalue weighted by molar-refractivity contribution is -0.147. The molecule has 1 saturated carbocycles. The lowest BCUT2D eigenvalue weighted by Gasteiger charge is -2.27. The zero-order valence-electron chi connectivity index (χ0n) is 14.9. The molecular formula is C20H21NO5S. The van der Waals surface area contributed by atoms with Crippen molar-refractivity contribution in [2.45, 2.75) is 25.7 Å². The van der Waals surface area contributed by atoms with Crippen molar-refractivity contribution in [2.75, 3.05) is 12.4 Å². The molecule has 6 nitrogen and oxygen atoms in total. The van der Waals surface area contributed by atoms with Gasteiger partial charge in [-0.1, -0.05) is 43.2 Å². The third-order valence-electron chi connectivity index (χ3n) is 4.92. The summed E-state index contributed by atoms with van der Waals surface area (Å²) >= 11 is 1.24. The van der Waals surface area contributed by atoms with Gasteiger partial charge in [0.1, 0.15) is 10.6 Å². The Morgan fingerprint density at radius 3 is 2.41 bits per heavy atom. The minimum atomic E-state index is -0.945. The summed E-state index contributed by atoms with van der Waals surface area (Å²) in [5.74, 6) is -3.12. The number of thiophene rings is 1. The molecule has 1 aromatic carbocycles. The summed E-state index contributed by atoms with van der Waals surface area (Å²) in [6.07, 6.45) is 2.67. The number of methoxy groups -OCH3 is 1. The number of hydrogen-bond acceptors (Lipinski definition) is 5. The summed E-state index contributed by atoms with van der Waals surface area (Å²) in [7, 11) is 1.29. The molecule has 142 valence electrons. The van der Waals surface area contributed by atoms with Crippen LogP contribution < -0.4 is 5.32 Å². The molecule has 1 aromatic heterocycles. The summed E-state index contributed by atoms with van der Waals surface area (Å²) in [5.41, 5.74) is 1.82. The number of hydrogen-bond donors (Lipinski definition) is 2. The summed E-state index contributed by atoms with van der Waals surface area (Å²) in [5, 5.41) is 14.4. The van der Waals surface area contributed by atoms with Crippen molar-refractivity contribution in [2.24, 2.45) is 11.8 Å². The molecule has 0 aliphatic heterocycles. The van der Waals surface area contributed by atoms with Crippen LogP contribution in [0.4, 0.5) is 5.00 Å². The van der Waals surface area contributed by atoms with Crippen LogP contribution in [-0.2, 0) is 14.3 Å². The Morgan fingerprint density at radius 1 is 1.11 bits per heavy atom. The highest BCUT2D eigenvalue weighted by Gasteiger charge is 2.36. The molecule has 1 aliphatic rings. The predicted octanol–water partition coefficient (Wildman–Crippen LogP) is 4.03. The maximum Gasteiger partial charge on any atom is 0.341 e. The van der Waals surface area contributed by atoms with E-state index in [0.29, 0.717) is 29.0 Å². The van der Waals surface area contributed by atoms with E-state index in [9.17, 15) is 19.5 Å². The molecule has 0 spiro atoms. The van der Waals surface area contributed by atoms with E-state index in [4.69, 9.17) is 4.74 Å². The minimum absolute atomic E-state index is 0.296. The number of nitrogens with one attached hydrogen (secondary N) is 1. The number of rotatable bonds is 5. The van der Waals surface area contributed by atoms with E-state index in [1.807, 2.05) is 30.3 Å². The molecule has 0 bridgehead atoms. The van der Waals surface area contributed by atoms with E-state index in [1.54, 1.807) is 5.38 Å². The highest BCUT2D eigenvalue weighted by atomic mass is 32.1. The smallest absolute Gasteiger partial charge is 0.341 e. The van der Waals surface area contributed by atoms with Gasteiger partial charge in [-0.2, -0.15) is 0 Å². The second kappa shape index (κ2) is 8.35. The number of carboxylic acid groups (broad SMARTS) is 1. The van der Waals surface area contributed by atoms with Crippen molar-refractivity contribution in [3.05, 3.63) is 41.3 Å². The first-order valence-electron chi connectivity index (χ1n) is 8.81. The quantitative estimate of drug-likeness (QED) is 0.756. The van der Waals surface area contributed by atoms with Crippen molar-refractivity contribution in [3.8, 4) is 11.1 Å². The SMILES string of the molecule is COC(=O)c1c(-c2ccccc2)csc1NC(=O)[C@@H]1CCCC[C@H]1C(=O)O. The van der Waals surface area contributed by atoms with Crippen LogP contribution in [0.2, 0.25) is 0 Å². The first kappa shape index (κ1) is 19.1. The van der Waals surface area contributed by atoms with Crippen molar-refractivity contribution in [3.63, 3.8) is 0 Å². The maximum atomic E-state index is 12.8. The van der Waals surface area contributed by atoms with Crippen LogP contribution in [0.25, 0.3) is 11.1 Å². The Balaban J connectivity index is 1.90. The van der Waals surface area contributed by atoms with Gasteiger partial charge in [0, 0.05) is 10.9 Å². The maximum absolute atomic E-state index is 12.8. The van der Waals surface area contributed by atoms with Gasteiger partial charge in [-0.05, 0) is 18.4 Å². The van der Waals surface area contributed by atoms with Gasteiger partial charge in [-0.15, -0.1) is 11.3 Å². The van der Waals surface area contributed by atoms with Gasteiger partial charge < -0.3 is 15.2 Å². The van der Waals surface area contributed by atoms with Gasteiger partial charge in [0.15, 0.2) is 0 Å². The van der Waals surface area contributed by atoms with Gasteiger partial charge in [0.05, 0.1) is 18.9 Å². The fraction of sp³-hybridized carbons (Fsp3) is 0.350. The molecule has 0 radical (unpaired) electrons. The highest BCUT2D eigenvalue weighted by molar-refractivity contribution is 7.15. The first-order chi connectivity index (χ1) is 13.0. The minimum Gasteiger partial charge on any atom is -0.481 e. The number of ether oxygens (including phenoxy) is 1. The molecule has 2 N–H and O–H groups in total. The average Bonchev–Trinajstić information content (AvgIpc) is 3.11. The van der Waals surface area contributed by atoms with Gasteiger partial charge in [0.2, 0.25) is 5.91 Å². The van der Waals surface area contributed by atoms with E-state index < -0.39 is 23.8 Å².